The molecular formula is C104H119Cl9F4N16O13. The van der Waals surface area contributed by atoms with E-state index in [9.17, 15) is 52.6 Å². The second-order valence-corrected chi connectivity index (χ2v) is 47.9. The molecule has 4 saturated carbocycles. The van der Waals surface area contributed by atoms with Crippen molar-refractivity contribution < 1.29 is 80.0 Å². The highest BCUT2D eigenvalue weighted by Gasteiger charge is 2.77. The monoisotopic (exact) mass is 2190 g/mol. The van der Waals surface area contributed by atoms with E-state index in [1.807, 2.05) is 0 Å². The number of fused-ring (bicyclic) bond motifs is 10. The molecule has 10 N–H and O–H groups in total. The van der Waals surface area contributed by atoms with E-state index >= 15 is 13.2 Å². The maximum atomic E-state index is 15.8. The first kappa shape index (κ1) is 114. The lowest BCUT2D eigenvalue weighted by atomic mass is 9.53. The fourth-order valence-corrected chi connectivity index (χ4v) is 24.1. The number of ether oxygens (including phenoxy) is 3. The Morgan fingerprint density at radius 2 is 0.705 bits per heavy atom. The number of hydrogen-bond donors (Lipinski definition) is 9. The average molecular weight is 2200 g/mol. The molecule has 42 heteroatoms. The van der Waals surface area contributed by atoms with E-state index in [-0.39, 0.29) is 122 Å². The van der Waals surface area contributed by atoms with Crippen LogP contribution in [0.5, 0.6) is 0 Å². The molecule has 9 atom stereocenters. The largest absolute Gasteiger partial charge is 0.480 e. The normalized spacial score (nSPS) is 25.1. The van der Waals surface area contributed by atoms with Gasteiger partial charge in [0.2, 0.25) is 17.7 Å². The number of carboxylic acids is 1. The van der Waals surface area contributed by atoms with Gasteiger partial charge in [0.25, 0.3) is 5.91 Å². The molecule has 0 radical (unpaired) electrons. The summed E-state index contributed by atoms with van der Waals surface area (Å²) in [4.78, 5) is 148. The Labute approximate surface area is 890 Å². The van der Waals surface area contributed by atoms with Crippen LogP contribution < -0.4 is 43.0 Å². The van der Waals surface area contributed by atoms with Gasteiger partial charge in [0, 0.05) is 142 Å². The number of ketones is 1. The Morgan fingerprint density at radius 1 is 0.411 bits per heavy atom. The number of aromatic nitrogens is 8. The number of hydrogen-bond acceptors (Lipinski definition) is 24. The van der Waals surface area contributed by atoms with Crippen LogP contribution in [-0.2, 0) is 73.6 Å². The van der Waals surface area contributed by atoms with E-state index < -0.39 is 133 Å². The predicted molar refractivity (Wildman–Crippen MR) is 554 cm³/mol. The first-order chi connectivity index (χ1) is 67.5. The molecule has 7 fully saturated rings. The van der Waals surface area contributed by atoms with Crippen molar-refractivity contribution in [2.24, 2.45) is 27.4 Å². The molecular weight excluding hydrogens is 2080 g/mol. The van der Waals surface area contributed by atoms with Crippen LogP contribution >= 0.6 is 105 Å². The van der Waals surface area contributed by atoms with Crippen molar-refractivity contribution >= 4 is 193 Å². The predicted octanol–water partition coefficient (Wildman–Crippen LogP) is 21.7. The number of carbonyl (C=O) groups is 9. The minimum absolute atomic E-state index is 0. The van der Waals surface area contributed by atoms with E-state index in [0.717, 1.165) is 64.2 Å². The second kappa shape index (κ2) is 42.4. The van der Waals surface area contributed by atoms with E-state index in [2.05, 4.69) is 132 Å². The van der Waals surface area contributed by atoms with Crippen molar-refractivity contribution in [1.29, 1.82) is 0 Å². The highest BCUT2D eigenvalue weighted by Crippen LogP contribution is 2.69. The summed E-state index contributed by atoms with van der Waals surface area (Å²) in [5, 5.41) is 31.8. The summed E-state index contributed by atoms with van der Waals surface area (Å²) in [6.45, 7) is 33.6. The Hall–Kier alpha value is -9.46. The summed E-state index contributed by atoms with van der Waals surface area (Å²) in [5.41, 5.74) is 1.77. The molecule has 3 unspecified atom stereocenters. The maximum Gasteiger partial charge on any atom is 0.324 e. The summed E-state index contributed by atoms with van der Waals surface area (Å²) < 4.78 is 77.2. The molecule has 29 nitrogen and oxygen atoms in total. The van der Waals surface area contributed by atoms with Crippen molar-refractivity contribution in [3.05, 3.63) is 207 Å². The molecule has 8 aromatic heterocycles. The number of carboxylic acid groups (broad SMARTS) is 1. The lowest BCUT2D eigenvalue weighted by Gasteiger charge is -2.50. The molecule has 4 amide bonds. The second-order valence-electron chi connectivity index (χ2n) is 45.0. The van der Waals surface area contributed by atoms with Gasteiger partial charge in [-0.05, 0) is 245 Å². The number of nitrogens with zero attached hydrogens (tertiary/aromatic N) is 8. The fraction of sp³-hybridized carbons (Fsp3) is 0.510. The molecule has 3 saturated heterocycles. The SMILES string of the molecule is CC(C)(C)OC(=O)CN.CC1(C)CCC(=O)CC1.CC1(C)CCC2(CC1)NC(C(=O)OC(C)(C)C)C(c1ccnc(Cl)c1F)C21C(=O)Nc2cc(Cl)ncc21.CC1(C)CCC2(CC1)N[C@@H](C(=O)O)[C@H](c1ccnc(Cl)c1F)[C@]21C(=O)Nc2cc(Cl)ncc21.CC1(C)CCC2(CC1)N[C@@H](C(=O)OC(C)(C)C)[C@H](c1ccnc(Cl)c1F)[C@]21C(=O)Nc2cc(Cl)ncc21.Cl.O=C1Nc2cc(Cl)ncc2C1=Cc1ccnc(Cl)c1F. The third kappa shape index (κ3) is 22.1. The molecule has 8 aromatic rings. The van der Waals surface area contributed by atoms with Gasteiger partial charge in [0.15, 0.2) is 43.9 Å². The van der Waals surface area contributed by atoms with Crippen LogP contribution in [0.25, 0.3) is 11.6 Å². The molecule has 0 bridgehead atoms. The summed E-state index contributed by atoms with van der Waals surface area (Å²) in [7, 11) is 0. The summed E-state index contributed by atoms with van der Waals surface area (Å²) in [5.74, 6) is -9.67. The van der Waals surface area contributed by atoms with Crippen LogP contribution in [0, 0.1) is 44.9 Å². The average Bonchev–Trinajstić information content (AvgIpc) is 1.51. The molecule has 784 valence electrons. The number of pyridine rings is 8. The van der Waals surface area contributed by atoms with Crippen LogP contribution in [0.4, 0.5) is 40.3 Å². The number of carbonyl (C=O) groups excluding carboxylic acids is 8. The number of halogens is 13. The van der Waals surface area contributed by atoms with Gasteiger partial charge >= 0.3 is 23.9 Å². The zero-order valence-electron chi connectivity index (χ0n) is 83.7. The molecule has 15 heterocycles. The molecule has 146 heavy (non-hydrogen) atoms. The first-order valence-electron chi connectivity index (χ1n) is 47.8. The van der Waals surface area contributed by atoms with Crippen molar-refractivity contribution in [1.82, 2.24) is 55.8 Å². The van der Waals surface area contributed by atoms with Crippen LogP contribution in [0.3, 0.4) is 0 Å². The van der Waals surface area contributed by atoms with E-state index in [1.54, 1.807) is 92.9 Å². The van der Waals surface area contributed by atoms with Gasteiger partial charge in [0.1, 0.15) is 77.6 Å². The molecule has 0 aromatic carbocycles. The van der Waals surface area contributed by atoms with Gasteiger partial charge in [0.05, 0.1) is 17.8 Å². The molecule has 11 aliphatic rings. The summed E-state index contributed by atoms with van der Waals surface area (Å²) >= 11 is 48.1. The summed E-state index contributed by atoms with van der Waals surface area (Å²) in [6, 6.07) is 8.81. The topological polar surface area (TPSA) is 415 Å². The Morgan fingerprint density at radius 3 is 1.01 bits per heavy atom. The van der Waals surface area contributed by atoms with Crippen LogP contribution in [-0.4, -0.2) is 156 Å². The third-order valence-electron chi connectivity index (χ3n) is 29.8. The zero-order valence-corrected chi connectivity index (χ0v) is 90.6. The molecule has 6 spiro atoms. The van der Waals surface area contributed by atoms with Crippen molar-refractivity contribution in [3.8, 4) is 0 Å². The molecule has 7 aliphatic heterocycles. The third-order valence-corrected chi connectivity index (χ3v) is 31.7. The van der Waals surface area contributed by atoms with Crippen LogP contribution in [0.1, 0.15) is 283 Å². The van der Waals surface area contributed by atoms with Gasteiger partial charge in [-0.15, -0.1) is 12.4 Å². The highest BCUT2D eigenvalue weighted by atomic mass is 35.5. The Balaban J connectivity index is 0.000000156. The Bertz CT molecular complexity index is 6300. The summed E-state index contributed by atoms with van der Waals surface area (Å²) in [6.07, 6.45) is 25.0. The minimum Gasteiger partial charge on any atom is -0.480 e. The standard InChI is InChI=1S/2C27H31Cl2FN4O3.C23H23Cl2FN4O3.C13H6Cl2FN3O.C8H14O.C6H13NO2.ClH/c2*1-24(2,3)37-22(35)20-18(14-6-11-31-21(29)19(14)30)27(26(34-20)9-7-25(4,5)8-10-26)15-13-32-17(28)12-16(15)33-23(27)36;1-21(2)4-6-22(7-5-21)23(12-10-28-14(24)9-13(12)29-20(23)33)15(17(30-22)19(31)32)11-3-8-27-18(25)16(11)26;14-10-4-9-8(5-18-10)7(13(20)19-9)3-6-1-2-17-12(15)11(6)16;1-8(2)5-3-7(9)4-6-8;1-6(2,3)9-5(8)4-7;/h2*6,11-13,18,20,34H,7-10H2,1-5H3,(H,33,36);3,8-10,15,17,30H,4-7H2,1-2H3,(H,29,33)(H,31,32);1-5H,(H,19,20);3-6H2,1-2H3;4,7H2,1-3H3;1H/t18-,20+,27+;;15-,17+,23+;;;;/m0.0..../s1. The number of amides is 4. The maximum absolute atomic E-state index is 15.8. The number of aliphatic carboxylic acids is 1. The van der Waals surface area contributed by atoms with Gasteiger partial charge in [-0.2, -0.15) is 0 Å². The Kier molecular flexibility index (Phi) is 33.0. The minimum atomic E-state index is -1.43. The van der Waals surface area contributed by atoms with Crippen LogP contribution in [0.15, 0.2) is 98.1 Å². The highest BCUT2D eigenvalue weighted by molar-refractivity contribution is 6.37. The first-order valence-corrected chi connectivity index (χ1v) is 50.8. The van der Waals surface area contributed by atoms with E-state index in [0.29, 0.717) is 100 Å². The molecule has 4 aliphatic carbocycles. The number of anilines is 4. The van der Waals surface area contributed by atoms with Gasteiger partial charge < -0.3 is 46.3 Å². The van der Waals surface area contributed by atoms with E-state index in [1.165, 1.54) is 73.6 Å². The van der Waals surface area contributed by atoms with Gasteiger partial charge in [-0.1, -0.05) is 148 Å². The number of rotatable bonds is 8. The van der Waals surface area contributed by atoms with Crippen molar-refractivity contribution in [2.45, 2.75) is 306 Å². The molecule has 19 rings (SSSR count). The van der Waals surface area contributed by atoms with Crippen molar-refractivity contribution in [2.75, 3.05) is 27.8 Å². The van der Waals surface area contributed by atoms with Gasteiger partial charge in [-0.3, -0.25) is 59.1 Å². The number of nitrogens with two attached hydrogens (primary N) is 1. The number of esters is 3. The zero-order chi connectivity index (χ0) is 106. The number of Topliss-reactive ketones (excluding diaryl/α,β-unsaturated/α-hetero) is 1. The fourth-order valence-electron chi connectivity index (χ4n) is 22.8. The van der Waals surface area contributed by atoms with Gasteiger partial charge in [-0.25, -0.2) is 57.4 Å². The quantitative estimate of drug-likeness (QED) is 0.0224. The lowest BCUT2D eigenvalue weighted by molar-refractivity contribution is -0.159. The number of nitrogens with one attached hydrogen (secondary N) is 7. The smallest absolute Gasteiger partial charge is 0.324 e. The lowest BCUT2D eigenvalue weighted by Crippen LogP contribution is -2.61. The van der Waals surface area contributed by atoms with Crippen molar-refractivity contribution in [3.63, 3.8) is 0 Å². The van der Waals surface area contributed by atoms with E-state index in [4.69, 9.17) is 113 Å². The van der Waals surface area contributed by atoms with Crippen LogP contribution in [0.2, 0.25) is 41.2 Å².